The smallest absolute Gasteiger partial charge is 0.410 e. The fourth-order valence-corrected chi connectivity index (χ4v) is 3.34. The highest BCUT2D eigenvalue weighted by molar-refractivity contribution is 5.69. The third kappa shape index (κ3) is 4.99. The molecule has 0 spiro atoms. The number of nitrogens with zero attached hydrogens (tertiary/aromatic N) is 1. The van der Waals surface area contributed by atoms with Gasteiger partial charge >= 0.3 is 6.09 Å². The monoisotopic (exact) mass is 283 g/mol. The lowest BCUT2D eigenvalue weighted by Crippen LogP contribution is -2.53. The second-order valence-corrected chi connectivity index (χ2v) is 7.35. The van der Waals surface area contributed by atoms with Crippen LogP contribution in [0.5, 0.6) is 0 Å². The van der Waals surface area contributed by atoms with Gasteiger partial charge in [0.25, 0.3) is 0 Å². The molecule has 3 atom stereocenters. The lowest BCUT2D eigenvalue weighted by molar-refractivity contribution is -0.0152. The quantitative estimate of drug-likeness (QED) is 0.727. The van der Waals surface area contributed by atoms with E-state index in [9.17, 15) is 4.79 Å². The number of piperidine rings is 1. The first-order valence-corrected chi connectivity index (χ1v) is 8.29. The average Bonchev–Trinajstić information content (AvgIpc) is 2.26. The molecule has 0 N–H and O–H groups in total. The van der Waals surface area contributed by atoms with Crippen molar-refractivity contribution in [3.63, 3.8) is 0 Å². The van der Waals surface area contributed by atoms with Gasteiger partial charge in [0.2, 0.25) is 0 Å². The molecule has 1 aliphatic heterocycles. The van der Waals surface area contributed by atoms with E-state index in [-0.39, 0.29) is 6.09 Å². The lowest BCUT2D eigenvalue weighted by Gasteiger charge is -2.45. The molecular formula is C17H33NO2. The summed E-state index contributed by atoms with van der Waals surface area (Å²) in [4.78, 5) is 14.7. The maximum Gasteiger partial charge on any atom is 0.410 e. The molecule has 0 aromatic rings. The van der Waals surface area contributed by atoms with Gasteiger partial charge in [-0.1, -0.05) is 33.6 Å². The van der Waals surface area contributed by atoms with Crippen LogP contribution in [0.4, 0.5) is 4.79 Å². The topological polar surface area (TPSA) is 29.5 Å². The zero-order valence-electron chi connectivity index (χ0n) is 14.2. The molecule has 3 nitrogen and oxygen atoms in total. The Kier molecular flexibility index (Phi) is 6.35. The standard InChI is InChI=1S/C17H33NO2/c1-7-9-14-11-13(3)12-15(10-8-2)18(14)16(19)20-17(4,5)6/h13-15H,7-12H2,1-6H3/t13-,14+,15-. The molecule has 0 bridgehead atoms. The molecule has 1 aliphatic rings. The first-order chi connectivity index (χ1) is 9.28. The second kappa shape index (κ2) is 7.33. The molecule has 20 heavy (non-hydrogen) atoms. The summed E-state index contributed by atoms with van der Waals surface area (Å²) < 4.78 is 5.65. The lowest BCUT2D eigenvalue weighted by atomic mass is 9.84. The molecular weight excluding hydrogens is 250 g/mol. The van der Waals surface area contributed by atoms with Crippen molar-refractivity contribution in [1.82, 2.24) is 4.90 Å². The zero-order chi connectivity index (χ0) is 15.3. The SMILES string of the molecule is CCC[C@@H]1C[C@H](C)C[C@H](CCC)N1C(=O)OC(C)(C)C. The van der Waals surface area contributed by atoms with Crippen molar-refractivity contribution in [2.75, 3.05) is 0 Å². The van der Waals surface area contributed by atoms with Gasteiger partial charge in [-0.15, -0.1) is 0 Å². The Morgan fingerprint density at radius 1 is 1.10 bits per heavy atom. The molecule has 0 radical (unpaired) electrons. The van der Waals surface area contributed by atoms with E-state index >= 15 is 0 Å². The minimum Gasteiger partial charge on any atom is -0.444 e. The van der Waals surface area contributed by atoms with Crippen LogP contribution in [0.2, 0.25) is 0 Å². The molecule has 0 saturated carbocycles. The second-order valence-electron chi connectivity index (χ2n) is 7.35. The van der Waals surface area contributed by atoms with Crippen molar-refractivity contribution in [1.29, 1.82) is 0 Å². The van der Waals surface area contributed by atoms with Crippen LogP contribution in [0.25, 0.3) is 0 Å². The van der Waals surface area contributed by atoms with E-state index in [0.717, 1.165) is 38.5 Å². The van der Waals surface area contributed by atoms with Crippen LogP contribution in [0.15, 0.2) is 0 Å². The van der Waals surface area contributed by atoms with E-state index < -0.39 is 5.60 Å². The summed E-state index contributed by atoms with van der Waals surface area (Å²) in [6.45, 7) is 12.5. The highest BCUT2D eigenvalue weighted by atomic mass is 16.6. The number of ether oxygens (including phenoxy) is 1. The van der Waals surface area contributed by atoms with E-state index in [1.165, 1.54) is 0 Å². The third-order valence-electron chi connectivity index (χ3n) is 3.98. The van der Waals surface area contributed by atoms with Gasteiger partial charge < -0.3 is 9.64 Å². The Morgan fingerprint density at radius 2 is 1.55 bits per heavy atom. The molecule has 1 amide bonds. The van der Waals surface area contributed by atoms with Crippen molar-refractivity contribution < 1.29 is 9.53 Å². The van der Waals surface area contributed by atoms with E-state index in [0.29, 0.717) is 18.0 Å². The van der Waals surface area contributed by atoms with Crippen LogP contribution in [0.3, 0.4) is 0 Å². The molecule has 118 valence electrons. The normalized spacial score (nSPS) is 27.5. The fraction of sp³-hybridized carbons (Fsp3) is 0.941. The number of hydrogen-bond donors (Lipinski definition) is 0. The molecule has 1 rings (SSSR count). The van der Waals surface area contributed by atoms with Crippen LogP contribution in [0, 0.1) is 5.92 Å². The van der Waals surface area contributed by atoms with Gasteiger partial charge in [-0.3, -0.25) is 0 Å². The fourth-order valence-electron chi connectivity index (χ4n) is 3.34. The van der Waals surface area contributed by atoms with Crippen molar-refractivity contribution in [3.05, 3.63) is 0 Å². The third-order valence-corrected chi connectivity index (χ3v) is 3.98. The summed E-state index contributed by atoms with van der Waals surface area (Å²) in [6.07, 6.45) is 6.54. The predicted molar refractivity (Wildman–Crippen MR) is 83.9 cm³/mol. The molecule has 1 saturated heterocycles. The summed E-state index contributed by atoms with van der Waals surface area (Å²) >= 11 is 0. The Labute approximate surface area is 125 Å². The van der Waals surface area contributed by atoms with E-state index in [2.05, 4.69) is 25.7 Å². The van der Waals surface area contributed by atoms with E-state index in [1.807, 2.05) is 20.8 Å². The number of hydrogen-bond acceptors (Lipinski definition) is 2. The van der Waals surface area contributed by atoms with Crippen molar-refractivity contribution in [2.24, 2.45) is 5.92 Å². The average molecular weight is 283 g/mol. The summed E-state index contributed by atoms with van der Waals surface area (Å²) in [7, 11) is 0. The Morgan fingerprint density at radius 3 is 1.90 bits per heavy atom. The number of likely N-dealkylation sites (tertiary alicyclic amines) is 1. The van der Waals surface area contributed by atoms with Crippen molar-refractivity contribution in [2.45, 2.75) is 97.8 Å². The van der Waals surface area contributed by atoms with Crippen LogP contribution >= 0.6 is 0 Å². The largest absolute Gasteiger partial charge is 0.444 e. The van der Waals surface area contributed by atoms with Crippen LogP contribution in [0.1, 0.15) is 80.1 Å². The number of rotatable bonds is 4. The van der Waals surface area contributed by atoms with Gasteiger partial charge in [0.15, 0.2) is 0 Å². The van der Waals surface area contributed by atoms with Crippen molar-refractivity contribution in [3.8, 4) is 0 Å². The molecule has 1 fully saturated rings. The van der Waals surface area contributed by atoms with E-state index in [1.54, 1.807) is 0 Å². The number of carbonyl (C=O) groups is 1. The summed E-state index contributed by atoms with van der Waals surface area (Å²) in [5.41, 5.74) is -0.409. The summed E-state index contributed by atoms with van der Waals surface area (Å²) in [5.74, 6) is 0.710. The number of carbonyl (C=O) groups excluding carboxylic acids is 1. The Bertz CT molecular complexity index is 293. The molecule has 0 aromatic carbocycles. The van der Waals surface area contributed by atoms with Crippen LogP contribution < -0.4 is 0 Å². The summed E-state index contributed by atoms with van der Waals surface area (Å²) in [5, 5.41) is 0. The molecule has 1 heterocycles. The van der Waals surface area contributed by atoms with Gasteiger partial charge in [-0.05, 0) is 52.4 Å². The zero-order valence-corrected chi connectivity index (χ0v) is 14.2. The Balaban J connectivity index is 2.88. The minimum absolute atomic E-state index is 0.110. The maximum atomic E-state index is 12.6. The van der Waals surface area contributed by atoms with Gasteiger partial charge in [-0.25, -0.2) is 4.79 Å². The van der Waals surface area contributed by atoms with Crippen LogP contribution in [-0.4, -0.2) is 28.7 Å². The molecule has 0 unspecified atom stereocenters. The highest BCUT2D eigenvalue weighted by Crippen LogP contribution is 2.33. The molecule has 0 aromatic heterocycles. The summed E-state index contributed by atoms with van der Waals surface area (Å²) in [6, 6.07) is 0.713. The van der Waals surface area contributed by atoms with Gasteiger partial charge in [-0.2, -0.15) is 0 Å². The van der Waals surface area contributed by atoms with Crippen LogP contribution in [-0.2, 0) is 4.74 Å². The molecule has 3 heteroatoms. The van der Waals surface area contributed by atoms with Crippen molar-refractivity contribution >= 4 is 6.09 Å². The minimum atomic E-state index is -0.409. The first kappa shape index (κ1) is 17.3. The van der Waals surface area contributed by atoms with Gasteiger partial charge in [0, 0.05) is 12.1 Å². The highest BCUT2D eigenvalue weighted by Gasteiger charge is 2.38. The molecule has 0 aliphatic carbocycles. The maximum absolute atomic E-state index is 12.6. The van der Waals surface area contributed by atoms with Gasteiger partial charge in [0.1, 0.15) is 5.60 Å². The first-order valence-electron chi connectivity index (χ1n) is 8.29. The Hall–Kier alpha value is -0.730. The van der Waals surface area contributed by atoms with Gasteiger partial charge in [0.05, 0.1) is 0 Å². The number of amides is 1. The predicted octanol–water partition coefficient (Wildman–Crippen LogP) is 4.99. The van der Waals surface area contributed by atoms with E-state index in [4.69, 9.17) is 4.74 Å².